The topological polar surface area (TPSA) is 50.1 Å². The zero-order valence-corrected chi connectivity index (χ0v) is 10.8. The molecule has 1 heterocycles. The lowest BCUT2D eigenvalue weighted by Gasteiger charge is -2.30. The molecule has 0 amide bonds. The molecule has 0 bridgehead atoms. The molecule has 2 unspecified atom stereocenters. The molecule has 0 spiro atoms. The van der Waals surface area contributed by atoms with Crippen molar-refractivity contribution in [1.29, 1.82) is 0 Å². The first-order valence-electron chi connectivity index (χ1n) is 6.54. The monoisotopic (exact) mass is 237 g/mol. The van der Waals surface area contributed by atoms with Crippen molar-refractivity contribution in [2.75, 3.05) is 6.61 Å². The standard InChI is InChI=1S/C13H23N3O/c1-3-16-11(6-8-15-16)9-14-12-5-4-7-13(12,2)10-17/h6,8,12,14,17H,3-5,7,9-10H2,1-2H3. The van der Waals surface area contributed by atoms with Crippen LogP contribution in [-0.2, 0) is 13.1 Å². The van der Waals surface area contributed by atoms with Crippen LogP contribution in [-0.4, -0.2) is 27.5 Å². The van der Waals surface area contributed by atoms with Crippen molar-refractivity contribution < 1.29 is 5.11 Å². The minimum absolute atomic E-state index is 0.0526. The van der Waals surface area contributed by atoms with Gasteiger partial charge in [-0.25, -0.2) is 0 Å². The number of aryl methyl sites for hydroxylation is 1. The lowest BCUT2D eigenvalue weighted by Crippen LogP contribution is -2.41. The van der Waals surface area contributed by atoms with Crippen LogP contribution in [0.1, 0.15) is 38.8 Å². The van der Waals surface area contributed by atoms with Gasteiger partial charge >= 0.3 is 0 Å². The van der Waals surface area contributed by atoms with Crippen LogP contribution in [0, 0.1) is 5.41 Å². The van der Waals surface area contributed by atoms with Crippen molar-refractivity contribution in [3.63, 3.8) is 0 Å². The summed E-state index contributed by atoms with van der Waals surface area (Å²) in [5.74, 6) is 0. The molecular formula is C13H23N3O. The van der Waals surface area contributed by atoms with Crippen molar-refractivity contribution in [3.8, 4) is 0 Å². The molecule has 0 aromatic carbocycles. The van der Waals surface area contributed by atoms with Gasteiger partial charge < -0.3 is 10.4 Å². The van der Waals surface area contributed by atoms with E-state index in [4.69, 9.17) is 0 Å². The number of hydrogen-bond acceptors (Lipinski definition) is 3. The van der Waals surface area contributed by atoms with Gasteiger partial charge in [0.2, 0.25) is 0 Å². The van der Waals surface area contributed by atoms with E-state index in [-0.39, 0.29) is 12.0 Å². The van der Waals surface area contributed by atoms with Gasteiger partial charge in [0, 0.05) is 37.4 Å². The number of nitrogens with one attached hydrogen (secondary N) is 1. The summed E-state index contributed by atoms with van der Waals surface area (Å²) in [5, 5.41) is 17.3. The van der Waals surface area contributed by atoms with Crippen LogP contribution in [0.2, 0.25) is 0 Å². The first kappa shape index (κ1) is 12.6. The minimum atomic E-state index is 0.0526. The van der Waals surface area contributed by atoms with Crippen LogP contribution in [0.25, 0.3) is 0 Å². The summed E-state index contributed by atoms with van der Waals surface area (Å²) in [7, 11) is 0. The summed E-state index contributed by atoms with van der Waals surface area (Å²) < 4.78 is 2.01. The summed E-state index contributed by atoms with van der Waals surface area (Å²) in [6, 6.07) is 2.48. The smallest absolute Gasteiger partial charge is 0.0522 e. The number of aliphatic hydroxyl groups excluding tert-OH is 1. The number of hydrogen-bond donors (Lipinski definition) is 2. The molecule has 0 saturated heterocycles. The minimum Gasteiger partial charge on any atom is -0.396 e. The Morgan fingerprint density at radius 3 is 3.18 bits per heavy atom. The molecule has 1 fully saturated rings. The van der Waals surface area contributed by atoms with E-state index in [2.05, 4.69) is 30.3 Å². The van der Waals surface area contributed by atoms with Crippen molar-refractivity contribution >= 4 is 0 Å². The highest BCUT2D eigenvalue weighted by Crippen LogP contribution is 2.37. The molecule has 0 aliphatic heterocycles. The lowest BCUT2D eigenvalue weighted by atomic mass is 9.86. The average Bonchev–Trinajstić information content (AvgIpc) is 2.93. The van der Waals surface area contributed by atoms with Gasteiger partial charge in [0.25, 0.3) is 0 Å². The Balaban J connectivity index is 1.94. The Labute approximate surface area is 103 Å². The van der Waals surface area contributed by atoms with Crippen molar-refractivity contribution in [1.82, 2.24) is 15.1 Å². The summed E-state index contributed by atoms with van der Waals surface area (Å²) >= 11 is 0. The van der Waals surface area contributed by atoms with Gasteiger partial charge in [-0.3, -0.25) is 4.68 Å². The summed E-state index contributed by atoms with van der Waals surface area (Å²) in [4.78, 5) is 0. The number of rotatable bonds is 5. The third kappa shape index (κ3) is 2.53. The fraction of sp³-hybridized carbons (Fsp3) is 0.769. The molecule has 17 heavy (non-hydrogen) atoms. The molecule has 1 aliphatic carbocycles. The zero-order valence-electron chi connectivity index (χ0n) is 10.8. The molecule has 2 atom stereocenters. The predicted octanol–water partition coefficient (Wildman–Crippen LogP) is 1.54. The summed E-state index contributed by atoms with van der Waals surface area (Å²) in [5.41, 5.74) is 1.27. The van der Waals surface area contributed by atoms with Gasteiger partial charge in [-0.05, 0) is 25.8 Å². The van der Waals surface area contributed by atoms with Gasteiger partial charge in [0.15, 0.2) is 0 Å². The van der Waals surface area contributed by atoms with Crippen LogP contribution in [0.5, 0.6) is 0 Å². The molecular weight excluding hydrogens is 214 g/mol. The number of nitrogens with zero attached hydrogens (tertiary/aromatic N) is 2. The lowest BCUT2D eigenvalue weighted by molar-refractivity contribution is 0.118. The average molecular weight is 237 g/mol. The molecule has 2 N–H and O–H groups in total. The highest BCUT2D eigenvalue weighted by Gasteiger charge is 2.37. The normalized spacial score (nSPS) is 28.8. The van der Waals surface area contributed by atoms with Gasteiger partial charge in [-0.15, -0.1) is 0 Å². The van der Waals surface area contributed by atoms with E-state index in [0.717, 1.165) is 25.9 Å². The maximum Gasteiger partial charge on any atom is 0.0522 e. The Bertz CT molecular complexity index is 363. The number of aromatic nitrogens is 2. The molecule has 4 nitrogen and oxygen atoms in total. The second-order valence-electron chi connectivity index (χ2n) is 5.28. The number of aliphatic hydroxyl groups is 1. The van der Waals surface area contributed by atoms with Crippen LogP contribution < -0.4 is 5.32 Å². The van der Waals surface area contributed by atoms with Gasteiger partial charge in [-0.2, -0.15) is 5.10 Å². The fourth-order valence-electron chi connectivity index (χ4n) is 2.79. The van der Waals surface area contributed by atoms with Crippen LogP contribution >= 0.6 is 0 Å². The van der Waals surface area contributed by atoms with Crippen molar-refractivity contribution in [2.45, 2.75) is 52.2 Å². The van der Waals surface area contributed by atoms with Crippen LogP contribution in [0.3, 0.4) is 0 Å². The van der Waals surface area contributed by atoms with Gasteiger partial charge in [0.1, 0.15) is 0 Å². The largest absolute Gasteiger partial charge is 0.396 e. The van der Waals surface area contributed by atoms with E-state index in [1.165, 1.54) is 12.1 Å². The Kier molecular flexibility index (Phi) is 3.84. The highest BCUT2D eigenvalue weighted by molar-refractivity contribution is 5.02. The Morgan fingerprint density at radius 1 is 1.65 bits per heavy atom. The molecule has 0 radical (unpaired) electrons. The van der Waals surface area contributed by atoms with E-state index in [0.29, 0.717) is 6.04 Å². The van der Waals surface area contributed by atoms with E-state index in [1.807, 2.05) is 10.9 Å². The molecule has 96 valence electrons. The molecule has 2 rings (SSSR count). The zero-order chi connectivity index (χ0) is 12.3. The second kappa shape index (κ2) is 5.19. The highest BCUT2D eigenvalue weighted by atomic mass is 16.3. The van der Waals surface area contributed by atoms with E-state index in [1.54, 1.807) is 0 Å². The maximum atomic E-state index is 9.50. The quantitative estimate of drug-likeness (QED) is 0.817. The first-order chi connectivity index (χ1) is 8.19. The maximum absolute atomic E-state index is 9.50. The van der Waals surface area contributed by atoms with E-state index in [9.17, 15) is 5.11 Å². The SMILES string of the molecule is CCn1nccc1CNC1CCCC1(C)CO. The Hall–Kier alpha value is -0.870. The summed E-state index contributed by atoms with van der Waals surface area (Å²) in [6.45, 7) is 6.30. The van der Waals surface area contributed by atoms with E-state index < -0.39 is 0 Å². The van der Waals surface area contributed by atoms with E-state index >= 15 is 0 Å². The summed E-state index contributed by atoms with van der Waals surface area (Å²) in [6.07, 6.45) is 5.34. The van der Waals surface area contributed by atoms with Gasteiger partial charge in [-0.1, -0.05) is 13.3 Å². The van der Waals surface area contributed by atoms with Crippen LogP contribution in [0.4, 0.5) is 0 Å². The molecule has 1 aromatic rings. The molecule has 1 aliphatic rings. The second-order valence-corrected chi connectivity index (χ2v) is 5.28. The van der Waals surface area contributed by atoms with Crippen molar-refractivity contribution in [2.24, 2.45) is 5.41 Å². The fourth-order valence-corrected chi connectivity index (χ4v) is 2.79. The Morgan fingerprint density at radius 2 is 2.47 bits per heavy atom. The molecule has 1 saturated carbocycles. The molecule has 1 aromatic heterocycles. The van der Waals surface area contributed by atoms with Crippen molar-refractivity contribution in [3.05, 3.63) is 18.0 Å². The third-order valence-corrected chi connectivity index (χ3v) is 4.08. The first-order valence-corrected chi connectivity index (χ1v) is 6.54. The third-order valence-electron chi connectivity index (χ3n) is 4.08. The van der Waals surface area contributed by atoms with Crippen LogP contribution in [0.15, 0.2) is 12.3 Å². The molecule has 4 heteroatoms. The predicted molar refractivity (Wildman–Crippen MR) is 67.6 cm³/mol. The van der Waals surface area contributed by atoms with Gasteiger partial charge in [0.05, 0.1) is 5.69 Å².